The average Bonchev–Trinajstić information content (AvgIpc) is 2.77. The fourth-order valence-electron chi connectivity index (χ4n) is 3.62. The molecule has 1 aliphatic carbocycles. The highest BCUT2D eigenvalue weighted by molar-refractivity contribution is 7.89. The van der Waals surface area contributed by atoms with Gasteiger partial charge in [0.25, 0.3) is 0 Å². The van der Waals surface area contributed by atoms with Crippen LogP contribution in [0.1, 0.15) is 31.2 Å². The zero-order valence-corrected chi connectivity index (χ0v) is 17.5. The van der Waals surface area contributed by atoms with E-state index < -0.39 is 10.0 Å². The highest BCUT2D eigenvalue weighted by Crippen LogP contribution is 2.29. The molecule has 6 nitrogen and oxygen atoms in total. The Balaban J connectivity index is 1.42. The number of ether oxygens (including phenoxy) is 1. The van der Waals surface area contributed by atoms with Crippen LogP contribution in [-0.2, 0) is 21.4 Å². The van der Waals surface area contributed by atoms with E-state index in [1.54, 1.807) is 19.2 Å². The quantitative estimate of drug-likeness (QED) is 0.693. The fourth-order valence-corrected chi connectivity index (χ4v) is 4.74. The molecule has 0 unspecified atom stereocenters. The van der Waals surface area contributed by atoms with Gasteiger partial charge in [-0.05, 0) is 61.4 Å². The molecule has 29 heavy (non-hydrogen) atoms. The molecule has 1 fully saturated rings. The molecule has 2 N–H and O–H groups in total. The number of hydrogen-bond acceptors (Lipinski definition) is 4. The maximum Gasteiger partial charge on any atom is 0.240 e. The minimum atomic E-state index is -3.54. The topological polar surface area (TPSA) is 84.5 Å². The van der Waals surface area contributed by atoms with Crippen molar-refractivity contribution in [1.29, 1.82) is 0 Å². The van der Waals surface area contributed by atoms with Crippen molar-refractivity contribution in [3.8, 4) is 5.75 Å². The van der Waals surface area contributed by atoms with Gasteiger partial charge in [0.2, 0.25) is 15.9 Å². The summed E-state index contributed by atoms with van der Waals surface area (Å²) in [6, 6.07) is 16.2. The molecule has 156 valence electrons. The zero-order chi connectivity index (χ0) is 20.7. The Bertz CT molecular complexity index is 890. The molecule has 1 saturated carbocycles. The van der Waals surface area contributed by atoms with Crippen molar-refractivity contribution < 1.29 is 17.9 Å². The van der Waals surface area contributed by atoms with E-state index in [0.29, 0.717) is 18.8 Å². The van der Waals surface area contributed by atoms with E-state index in [9.17, 15) is 13.2 Å². The van der Waals surface area contributed by atoms with Gasteiger partial charge in [0.1, 0.15) is 5.75 Å². The third-order valence-electron chi connectivity index (χ3n) is 5.46. The van der Waals surface area contributed by atoms with Gasteiger partial charge in [-0.1, -0.05) is 30.3 Å². The lowest BCUT2D eigenvalue weighted by atomic mass is 9.81. The van der Waals surface area contributed by atoms with Crippen molar-refractivity contribution in [3.63, 3.8) is 0 Å². The number of sulfonamides is 1. The van der Waals surface area contributed by atoms with E-state index in [-0.39, 0.29) is 22.6 Å². The van der Waals surface area contributed by atoms with Gasteiger partial charge in [0.05, 0.1) is 12.0 Å². The zero-order valence-electron chi connectivity index (χ0n) is 16.6. The van der Waals surface area contributed by atoms with E-state index in [4.69, 9.17) is 4.74 Å². The molecule has 1 amide bonds. The van der Waals surface area contributed by atoms with Gasteiger partial charge >= 0.3 is 0 Å². The number of carbonyl (C=O) groups excluding carboxylic acids is 1. The number of amides is 1. The van der Waals surface area contributed by atoms with Crippen molar-refractivity contribution in [2.75, 3.05) is 13.7 Å². The van der Waals surface area contributed by atoms with Crippen LogP contribution in [0.4, 0.5) is 0 Å². The Morgan fingerprint density at radius 1 is 1.00 bits per heavy atom. The maximum atomic E-state index is 12.5. The molecule has 0 spiro atoms. The third-order valence-corrected chi connectivity index (χ3v) is 6.90. The molecule has 7 heteroatoms. The normalized spacial score (nSPS) is 19.5. The summed E-state index contributed by atoms with van der Waals surface area (Å²) in [6.07, 6.45) is 3.26. The summed E-state index contributed by atoms with van der Waals surface area (Å²) in [4.78, 5) is 12.6. The number of rotatable bonds is 8. The minimum absolute atomic E-state index is 0.00755. The molecular weight excluding hydrogens is 388 g/mol. The Labute approximate surface area is 172 Å². The summed E-state index contributed by atoms with van der Waals surface area (Å²) in [5.74, 6) is 0.966. The second kappa shape index (κ2) is 9.89. The first-order chi connectivity index (χ1) is 14.0. The lowest BCUT2D eigenvalue weighted by Crippen LogP contribution is -2.36. The van der Waals surface area contributed by atoms with Gasteiger partial charge in [-0.25, -0.2) is 13.1 Å². The number of nitrogens with one attached hydrogen (secondary N) is 2. The van der Waals surface area contributed by atoms with Gasteiger partial charge in [-0.3, -0.25) is 4.79 Å². The van der Waals surface area contributed by atoms with Crippen molar-refractivity contribution >= 4 is 15.9 Å². The smallest absolute Gasteiger partial charge is 0.240 e. The summed E-state index contributed by atoms with van der Waals surface area (Å²) in [7, 11) is -2.00. The van der Waals surface area contributed by atoms with E-state index in [2.05, 4.69) is 10.0 Å². The average molecular weight is 417 g/mol. The molecule has 3 rings (SSSR count). The van der Waals surface area contributed by atoms with Gasteiger partial charge < -0.3 is 10.1 Å². The fraction of sp³-hybridized carbons (Fsp3) is 0.409. The summed E-state index contributed by atoms with van der Waals surface area (Å²) in [5, 5.41) is 3.01. The Kier molecular flexibility index (Phi) is 7.28. The molecule has 0 aromatic heterocycles. The first kappa shape index (κ1) is 21.3. The predicted octanol–water partition coefficient (Wildman–Crippen LogP) is 3.10. The largest absolute Gasteiger partial charge is 0.497 e. The molecule has 0 radical (unpaired) electrons. The lowest BCUT2D eigenvalue weighted by molar-refractivity contribution is -0.126. The van der Waals surface area contributed by atoms with Crippen LogP contribution in [0, 0.1) is 11.8 Å². The monoisotopic (exact) mass is 416 g/mol. The maximum absolute atomic E-state index is 12.5. The second-order valence-electron chi connectivity index (χ2n) is 7.45. The summed E-state index contributed by atoms with van der Waals surface area (Å²) in [6.45, 7) is 0.938. The molecular formula is C22H28N2O4S. The highest BCUT2D eigenvalue weighted by atomic mass is 32.2. The highest BCUT2D eigenvalue weighted by Gasteiger charge is 2.27. The Morgan fingerprint density at radius 2 is 1.66 bits per heavy atom. The number of carbonyl (C=O) groups is 1. The minimum Gasteiger partial charge on any atom is -0.497 e. The second-order valence-corrected chi connectivity index (χ2v) is 9.22. The van der Waals surface area contributed by atoms with Gasteiger partial charge in [0, 0.05) is 19.0 Å². The van der Waals surface area contributed by atoms with Gasteiger partial charge in [-0.2, -0.15) is 0 Å². The number of hydrogen-bond donors (Lipinski definition) is 2. The first-order valence-corrected chi connectivity index (χ1v) is 11.4. The van der Waals surface area contributed by atoms with E-state index in [1.807, 2.05) is 30.3 Å². The Hall–Kier alpha value is -2.38. The third kappa shape index (κ3) is 6.05. The van der Waals surface area contributed by atoms with Crippen molar-refractivity contribution in [2.45, 2.75) is 37.1 Å². The molecule has 2 aromatic rings. The van der Waals surface area contributed by atoms with Crippen LogP contribution in [-0.4, -0.2) is 28.0 Å². The SMILES string of the molecule is COc1ccc(S(=O)(=O)NCC2CCC(C(=O)NCc3ccccc3)CC2)cc1. The van der Waals surface area contributed by atoms with Crippen LogP contribution in [0.15, 0.2) is 59.5 Å². The molecule has 0 saturated heterocycles. The van der Waals surface area contributed by atoms with E-state index in [0.717, 1.165) is 31.2 Å². The first-order valence-electron chi connectivity index (χ1n) is 9.93. The van der Waals surface area contributed by atoms with Crippen LogP contribution >= 0.6 is 0 Å². The number of benzene rings is 2. The standard InChI is InChI=1S/C22H28N2O4S/c1-28-20-11-13-21(14-12-20)29(26,27)24-16-18-7-9-19(10-8-18)22(25)23-15-17-5-3-2-4-6-17/h2-6,11-14,18-19,24H,7-10,15-16H2,1H3,(H,23,25). The summed E-state index contributed by atoms with van der Waals surface area (Å²) < 4.78 is 32.7. The van der Waals surface area contributed by atoms with Crippen LogP contribution in [0.2, 0.25) is 0 Å². The van der Waals surface area contributed by atoms with Crippen molar-refractivity contribution in [2.24, 2.45) is 11.8 Å². The molecule has 0 aliphatic heterocycles. The molecule has 0 bridgehead atoms. The Morgan fingerprint density at radius 3 is 2.28 bits per heavy atom. The van der Waals surface area contributed by atoms with Crippen molar-refractivity contribution in [3.05, 3.63) is 60.2 Å². The van der Waals surface area contributed by atoms with Crippen molar-refractivity contribution in [1.82, 2.24) is 10.0 Å². The summed E-state index contributed by atoms with van der Waals surface area (Å²) >= 11 is 0. The van der Waals surface area contributed by atoms with Gasteiger partial charge in [0.15, 0.2) is 0 Å². The molecule has 0 atom stereocenters. The predicted molar refractivity (Wildman–Crippen MR) is 112 cm³/mol. The lowest BCUT2D eigenvalue weighted by Gasteiger charge is -2.28. The summed E-state index contributed by atoms with van der Waals surface area (Å²) in [5.41, 5.74) is 1.09. The van der Waals surface area contributed by atoms with Crippen LogP contribution in [0.5, 0.6) is 5.75 Å². The van der Waals surface area contributed by atoms with Crippen LogP contribution < -0.4 is 14.8 Å². The molecule has 0 heterocycles. The van der Waals surface area contributed by atoms with Gasteiger partial charge in [-0.15, -0.1) is 0 Å². The van der Waals surface area contributed by atoms with Crippen LogP contribution in [0.3, 0.4) is 0 Å². The van der Waals surface area contributed by atoms with E-state index >= 15 is 0 Å². The molecule has 1 aliphatic rings. The number of methoxy groups -OCH3 is 1. The molecule has 2 aromatic carbocycles. The van der Waals surface area contributed by atoms with E-state index in [1.165, 1.54) is 12.1 Å². The van der Waals surface area contributed by atoms with Crippen LogP contribution in [0.25, 0.3) is 0 Å².